The molecule has 0 unspecified atom stereocenters. The van der Waals surface area contributed by atoms with Gasteiger partial charge in [0.15, 0.2) is 0 Å². The van der Waals surface area contributed by atoms with Gasteiger partial charge in [0.05, 0.1) is 18.9 Å². The summed E-state index contributed by atoms with van der Waals surface area (Å²) in [6.45, 7) is 2.53. The van der Waals surface area contributed by atoms with E-state index in [0.717, 1.165) is 5.71 Å². The Labute approximate surface area is 52.9 Å². The number of hydrazone groups is 1. The monoisotopic (exact) mass is 128 g/mol. The average Bonchev–Trinajstić information content (AvgIpc) is 1.60. The molecule has 1 rings (SSSR count). The fourth-order valence-electron chi connectivity index (χ4n) is 0.416. The SMILES string of the molecule is CC(=O)NN=C1COC1. The van der Waals surface area contributed by atoms with Gasteiger partial charge in [-0.25, -0.2) is 5.43 Å². The highest BCUT2D eigenvalue weighted by atomic mass is 16.5. The molecule has 1 fully saturated rings. The minimum atomic E-state index is -0.144. The van der Waals surface area contributed by atoms with Crippen LogP contribution in [0.15, 0.2) is 5.10 Å². The van der Waals surface area contributed by atoms with Gasteiger partial charge in [0.2, 0.25) is 5.91 Å². The summed E-state index contributed by atoms with van der Waals surface area (Å²) >= 11 is 0. The summed E-state index contributed by atoms with van der Waals surface area (Å²) in [6, 6.07) is 0. The van der Waals surface area contributed by atoms with Crippen LogP contribution in [0.2, 0.25) is 0 Å². The topological polar surface area (TPSA) is 50.7 Å². The molecule has 0 aliphatic carbocycles. The minimum Gasteiger partial charge on any atom is -0.369 e. The van der Waals surface area contributed by atoms with Crippen LogP contribution >= 0.6 is 0 Å². The molecule has 0 bridgehead atoms. The number of ether oxygens (including phenoxy) is 1. The van der Waals surface area contributed by atoms with E-state index < -0.39 is 0 Å². The van der Waals surface area contributed by atoms with Crippen LogP contribution in [0.25, 0.3) is 0 Å². The van der Waals surface area contributed by atoms with Crippen LogP contribution < -0.4 is 5.43 Å². The van der Waals surface area contributed by atoms with Crippen molar-refractivity contribution in [3.63, 3.8) is 0 Å². The fourth-order valence-corrected chi connectivity index (χ4v) is 0.416. The van der Waals surface area contributed by atoms with E-state index >= 15 is 0 Å². The predicted octanol–water partition coefficient (Wildman–Crippen LogP) is -0.491. The van der Waals surface area contributed by atoms with Crippen LogP contribution in [0.5, 0.6) is 0 Å². The molecule has 0 atom stereocenters. The van der Waals surface area contributed by atoms with Crippen LogP contribution in [-0.2, 0) is 9.53 Å². The summed E-state index contributed by atoms with van der Waals surface area (Å²) in [5, 5.41) is 3.72. The van der Waals surface area contributed by atoms with Crippen molar-refractivity contribution in [1.29, 1.82) is 0 Å². The third-order valence-electron chi connectivity index (χ3n) is 0.909. The zero-order valence-corrected chi connectivity index (χ0v) is 5.18. The van der Waals surface area contributed by atoms with Gasteiger partial charge in [-0.3, -0.25) is 4.79 Å². The average molecular weight is 128 g/mol. The molecule has 1 amide bonds. The zero-order valence-electron chi connectivity index (χ0n) is 5.18. The predicted molar refractivity (Wildman–Crippen MR) is 32.1 cm³/mol. The largest absolute Gasteiger partial charge is 0.369 e. The molecule has 0 aromatic carbocycles. The Bertz CT molecular complexity index is 147. The first kappa shape index (κ1) is 6.22. The summed E-state index contributed by atoms with van der Waals surface area (Å²) in [6.07, 6.45) is 0. The molecule has 4 nitrogen and oxygen atoms in total. The number of carbonyl (C=O) groups is 1. The second-order valence-corrected chi connectivity index (χ2v) is 1.84. The van der Waals surface area contributed by atoms with Gasteiger partial charge in [0.1, 0.15) is 0 Å². The van der Waals surface area contributed by atoms with Crippen molar-refractivity contribution in [2.75, 3.05) is 13.2 Å². The van der Waals surface area contributed by atoms with E-state index in [0.29, 0.717) is 13.2 Å². The summed E-state index contributed by atoms with van der Waals surface area (Å²) in [5.74, 6) is -0.144. The lowest BCUT2D eigenvalue weighted by atomic mass is 10.3. The summed E-state index contributed by atoms with van der Waals surface area (Å²) in [4.78, 5) is 10.2. The third kappa shape index (κ3) is 1.81. The quantitative estimate of drug-likeness (QED) is 0.484. The second kappa shape index (κ2) is 2.59. The fraction of sp³-hybridized carbons (Fsp3) is 0.600. The Morgan fingerprint density at radius 1 is 1.78 bits per heavy atom. The maximum absolute atomic E-state index is 10.2. The highest BCUT2D eigenvalue weighted by Crippen LogP contribution is 1.92. The van der Waals surface area contributed by atoms with Crippen molar-refractivity contribution < 1.29 is 9.53 Å². The molecule has 1 saturated heterocycles. The smallest absolute Gasteiger partial charge is 0.236 e. The summed E-state index contributed by atoms with van der Waals surface area (Å²) in [5.41, 5.74) is 3.21. The van der Waals surface area contributed by atoms with Crippen molar-refractivity contribution in [1.82, 2.24) is 5.43 Å². The van der Waals surface area contributed by atoms with E-state index in [2.05, 4.69) is 10.5 Å². The third-order valence-corrected chi connectivity index (χ3v) is 0.909. The number of rotatable bonds is 1. The first-order valence-electron chi connectivity index (χ1n) is 2.69. The standard InChI is InChI=1S/C5H8N2O2/c1-4(8)6-7-5-2-9-3-5/h2-3H2,1H3,(H,6,8). The van der Waals surface area contributed by atoms with Crippen molar-refractivity contribution >= 4 is 11.6 Å². The van der Waals surface area contributed by atoms with E-state index in [4.69, 9.17) is 4.74 Å². The molecular formula is C5H8N2O2. The van der Waals surface area contributed by atoms with Gasteiger partial charge < -0.3 is 4.74 Å². The van der Waals surface area contributed by atoms with E-state index in [1.807, 2.05) is 0 Å². The van der Waals surface area contributed by atoms with E-state index in [9.17, 15) is 4.79 Å². The summed E-state index contributed by atoms with van der Waals surface area (Å²) in [7, 11) is 0. The molecule has 1 aliphatic rings. The molecule has 4 heteroatoms. The van der Waals surface area contributed by atoms with Gasteiger partial charge in [-0.15, -0.1) is 0 Å². The van der Waals surface area contributed by atoms with Crippen molar-refractivity contribution in [3.8, 4) is 0 Å². The first-order valence-corrected chi connectivity index (χ1v) is 2.69. The van der Waals surface area contributed by atoms with Gasteiger partial charge in [-0.1, -0.05) is 0 Å². The Hall–Kier alpha value is -0.900. The first-order chi connectivity index (χ1) is 4.29. The molecular weight excluding hydrogens is 120 g/mol. The van der Waals surface area contributed by atoms with Crippen LogP contribution in [-0.4, -0.2) is 24.8 Å². The number of nitrogens with one attached hydrogen (secondary N) is 1. The molecule has 1 N–H and O–H groups in total. The van der Waals surface area contributed by atoms with E-state index in [1.54, 1.807) is 0 Å². The van der Waals surface area contributed by atoms with Gasteiger partial charge in [-0.2, -0.15) is 5.10 Å². The molecule has 0 aromatic rings. The Balaban J connectivity index is 2.22. The lowest BCUT2D eigenvalue weighted by Crippen LogP contribution is -2.30. The molecule has 1 aliphatic heterocycles. The van der Waals surface area contributed by atoms with Crippen LogP contribution in [0.1, 0.15) is 6.92 Å². The Morgan fingerprint density at radius 2 is 2.44 bits per heavy atom. The maximum atomic E-state index is 10.2. The minimum absolute atomic E-state index is 0.144. The normalized spacial score (nSPS) is 16.3. The number of carbonyl (C=O) groups excluding carboxylic acids is 1. The number of amides is 1. The van der Waals surface area contributed by atoms with Crippen molar-refractivity contribution in [3.05, 3.63) is 0 Å². The molecule has 0 saturated carbocycles. The lowest BCUT2D eigenvalue weighted by Gasteiger charge is -2.14. The van der Waals surface area contributed by atoms with Crippen molar-refractivity contribution in [2.24, 2.45) is 5.10 Å². The van der Waals surface area contributed by atoms with Crippen LogP contribution in [0, 0.1) is 0 Å². The number of hydrogen-bond donors (Lipinski definition) is 1. The van der Waals surface area contributed by atoms with E-state index in [-0.39, 0.29) is 5.91 Å². The number of hydrogen-bond acceptors (Lipinski definition) is 3. The van der Waals surface area contributed by atoms with Crippen LogP contribution in [0.4, 0.5) is 0 Å². The lowest BCUT2D eigenvalue weighted by molar-refractivity contribution is -0.118. The molecule has 0 aromatic heterocycles. The molecule has 9 heavy (non-hydrogen) atoms. The molecule has 1 heterocycles. The summed E-state index contributed by atoms with van der Waals surface area (Å²) < 4.78 is 4.79. The Kier molecular flexibility index (Phi) is 1.79. The molecule has 0 spiro atoms. The highest BCUT2D eigenvalue weighted by molar-refractivity contribution is 5.91. The zero-order chi connectivity index (χ0) is 6.69. The Morgan fingerprint density at radius 3 is 2.78 bits per heavy atom. The highest BCUT2D eigenvalue weighted by Gasteiger charge is 2.09. The van der Waals surface area contributed by atoms with Gasteiger partial charge >= 0.3 is 0 Å². The van der Waals surface area contributed by atoms with Gasteiger partial charge in [0, 0.05) is 6.92 Å². The molecule has 0 radical (unpaired) electrons. The second-order valence-electron chi connectivity index (χ2n) is 1.84. The maximum Gasteiger partial charge on any atom is 0.236 e. The van der Waals surface area contributed by atoms with E-state index in [1.165, 1.54) is 6.92 Å². The van der Waals surface area contributed by atoms with Crippen LogP contribution in [0.3, 0.4) is 0 Å². The number of nitrogens with zero attached hydrogens (tertiary/aromatic N) is 1. The molecule has 50 valence electrons. The van der Waals surface area contributed by atoms with Gasteiger partial charge in [0.25, 0.3) is 0 Å². The van der Waals surface area contributed by atoms with Gasteiger partial charge in [-0.05, 0) is 0 Å². The van der Waals surface area contributed by atoms with Crippen molar-refractivity contribution in [2.45, 2.75) is 6.92 Å².